The fourth-order valence-corrected chi connectivity index (χ4v) is 1.38. The lowest BCUT2D eigenvalue weighted by atomic mass is 10.2. The van der Waals surface area contributed by atoms with Gasteiger partial charge in [-0.15, -0.1) is 0 Å². The van der Waals surface area contributed by atoms with Crippen molar-refractivity contribution in [1.82, 2.24) is 10.5 Å². The third kappa shape index (κ3) is 2.87. The predicted octanol–water partition coefficient (Wildman–Crippen LogP) is 2.46. The Morgan fingerprint density at radius 1 is 1.53 bits per heavy atom. The second-order valence-electron chi connectivity index (χ2n) is 3.66. The molecular weight excluding hydrogens is 222 g/mol. The quantitative estimate of drug-likeness (QED) is 0.856. The molecule has 0 spiro atoms. The summed E-state index contributed by atoms with van der Waals surface area (Å²) in [5.41, 5.74) is 0. The van der Waals surface area contributed by atoms with E-state index in [2.05, 4.69) is 15.8 Å². The van der Waals surface area contributed by atoms with Crippen molar-refractivity contribution in [3.8, 4) is 0 Å². The number of carbonyl (C=O) groups is 1. The van der Waals surface area contributed by atoms with Crippen molar-refractivity contribution >= 4 is 11.8 Å². The Kier molecular flexibility index (Phi) is 3.13. The molecule has 6 heteroatoms. The van der Waals surface area contributed by atoms with Gasteiger partial charge in [0, 0.05) is 6.07 Å². The summed E-state index contributed by atoms with van der Waals surface area (Å²) in [5, 5.41) is 8.93. The second-order valence-corrected chi connectivity index (χ2v) is 3.66. The van der Waals surface area contributed by atoms with E-state index in [1.54, 1.807) is 31.4 Å². The van der Waals surface area contributed by atoms with Crippen molar-refractivity contribution in [3.63, 3.8) is 0 Å². The predicted molar refractivity (Wildman–Crippen MR) is 60.5 cm³/mol. The number of amides is 2. The average molecular weight is 235 g/mol. The van der Waals surface area contributed by atoms with Crippen LogP contribution in [0.2, 0.25) is 0 Å². The number of hydrogen-bond donors (Lipinski definition) is 2. The summed E-state index contributed by atoms with van der Waals surface area (Å²) in [7, 11) is 0. The minimum Gasteiger partial charge on any atom is -0.467 e. The molecule has 2 rings (SSSR count). The van der Waals surface area contributed by atoms with E-state index < -0.39 is 0 Å². The molecule has 0 aromatic carbocycles. The summed E-state index contributed by atoms with van der Waals surface area (Å²) < 4.78 is 10.0. The molecule has 2 aromatic heterocycles. The van der Waals surface area contributed by atoms with E-state index in [0.29, 0.717) is 17.3 Å². The molecule has 90 valence electrons. The van der Waals surface area contributed by atoms with Crippen LogP contribution >= 0.6 is 0 Å². The largest absolute Gasteiger partial charge is 0.467 e. The maximum Gasteiger partial charge on any atom is 0.321 e. The maximum absolute atomic E-state index is 11.6. The van der Waals surface area contributed by atoms with Gasteiger partial charge in [-0.1, -0.05) is 5.16 Å². The molecule has 0 saturated heterocycles. The molecule has 0 saturated carbocycles. The number of furan rings is 1. The molecule has 6 nitrogen and oxygen atoms in total. The number of rotatable bonds is 3. The molecule has 0 aliphatic rings. The first-order valence-corrected chi connectivity index (χ1v) is 5.19. The Morgan fingerprint density at radius 2 is 2.35 bits per heavy atom. The molecule has 2 N–H and O–H groups in total. The van der Waals surface area contributed by atoms with Crippen LogP contribution in [0.1, 0.15) is 24.5 Å². The number of nitrogens with zero attached hydrogens (tertiary/aromatic N) is 1. The van der Waals surface area contributed by atoms with Crippen LogP contribution in [0.25, 0.3) is 0 Å². The summed E-state index contributed by atoms with van der Waals surface area (Å²) >= 11 is 0. The first-order valence-electron chi connectivity index (χ1n) is 5.19. The molecular formula is C11H13N3O3. The number of aromatic nitrogens is 1. The van der Waals surface area contributed by atoms with Crippen LogP contribution in [-0.2, 0) is 0 Å². The number of hydrogen-bond acceptors (Lipinski definition) is 4. The van der Waals surface area contributed by atoms with Gasteiger partial charge in [-0.05, 0) is 26.0 Å². The Balaban J connectivity index is 1.89. The van der Waals surface area contributed by atoms with Crippen LogP contribution in [-0.4, -0.2) is 11.2 Å². The number of anilines is 1. The monoisotopic (exact) mass is 235 g/mol. The molecule has 1 unspecified atom stereocenters. The minimum atomic E-state index is -0.359. The zero-order valence-electron chi connectivity index (χ0n) is 9.56. The fraction of sp³-hybridized carbons (Fsp3) is 0.273. The van der Waals surface area contributed by atoms with Gasteiger partial charge >= 0.3 is 6.03 Å². The molecule has 2 heterocycles. The van der Waals surface area contributed by atoms with Crippen LogP contribution in [0, 0.1) is 6.92 Å². The summed E-state index contributed by atoms with van der Waals surface area (Å²) in [6.07, 6.45) is 1.56. The Bertz CT molecular complexity index is 490. The summed E-state index contributed by atoms with van der Waals surface area (Å²) in [4.78, 5) is 11.6. The van der Waals surface area contributed by atoms with E-state index in [0.717, 1.165) is 0 Å². The van der Waals surface area contributed by atoms with Crippen LogP contribution in [0.4, 0.5) is 10.6 Å². The Hall–Kier alpha value is -2.24. The zero-order chi connectivity index (χ0) is 12.3. The van der Waals surface area contributed by atoms with Crippen molar-refractivity contribution < 1.29 is 13.7 Å². The lowest BCUT2D eigenvalue weighted by Gasteiger charge is -2.10. The second kappa shape index (κ2) is 4.73. The molecule has 17 heavy (non-hydrogen) atoms. The first-order chi connectivity index (χ1) is 8.15. The topological polar surface area (TPSA) is 80.3 Å². The number of nitrogens with one attached hydrogen (secondary N) is 2. The average Bonchev–Trinajstić information content (AvgIpc) is 2.89. The third-order valence-corrected chi connectivity index (χ3v) is 2.19. The zero-order valence-corrected chi connectivity index (χ0v) is 9.56. The van der Waals surface area contributed by atoms with Gasteiger partial charge in [-0.2, -0.15) is 0 Å². The lowest BCUT2D eigenvalue weighted by molar-refractivity contribution is 0.247. The van der Waals surface area contributed by atoms with Gasteiger partial charge in [0.05, 0.1) is 12.3 Å². The minimum absolute atomic E-state index is 0.210. The first kappa shape index (κ1) is 11.3. The fourth-order valence-electron chi connectivity index (χ4n) is 1.38. The van der Waals surface area contributed by atoms with Gasteiger partial charge in [0.25, 0.3) is 0 Å². The van der Waals surface area contributed by atoms with Crippen LogP contribution in [0.3, 0.4) is 0 Å². The Labute approximate surface area is 98.0 Å². The van der Waals surface area contributed by atoms with Crippen molar-refractivity contribution in [2.75, 3.05) is 5.32 Å². The molecule has 0 fully saturated rings. The summed E-state index contributed by atoms with van der Waals surface area (Å²) in [6.45, 7) is 3.58. The van der Waals surface area contributed by atoms with E-state index in [-0.39, 0.29) is 12.1 Å². The van der Waals surface area contributed by atoms with Gasteiger partial charge in [-0.3, -0.25) is 5.32 Å². The van der Waals surface area contributed by atoms with Crippen molar-refractivity contribution in [2.24, 2.45) is 0 Å². The molecule has 0 bridgehead atoms. The van der Waals surface area contributed by atoms with Crippen LogP contribution < -0.4 is 10.6 Å². The SMILES string of the molecule is Cc1cc(NC(=O)NC(C)c2ccco2)no1. The van der Waals surface area contributed by atoms with Crippen LogP contribution in [0.15, 0.2) is 33.4 Å². The van der Waals surface area contributed by atoms with E-state index in [1.807, 2.05) is 6.92 Å². The molecule has 0 aliphatic heterocycles. The molecule has 2 aromatic rings. The van der Waals surface area contributed by atoms with Gasteiger partial charge in [-0.25, -0.2) is 4.79 Å². The third-order valence-electron chi connectivity index (χ3n) is 2.19. The van der Waals surface area contributed by atoms with Crippen molar-refractivity contribution in [3.05, 3.63) is 36.0 Å². The highest BCUT2D eigenvalue weighted by molar-refractivity contribution is 5.88. The highest BCUT2D eigenvalue weighted by Gasteiger charge is 2.12. The van der Waals surface area contributed by atoms with Gasteiger partial charge in [0.2, 0.25) is 0 Å². The maximum atomic E-state index is 11.6. The highest BCUT2D eigenvalue weighted by Crippen LogP contribution is 2.12. The van der Waals surface area contributed by atoms with Gasteiger partial charge in [0.1, 0.15) is 11.5 Å². The number of carbonyl (C=O) groups excluding carboxylic acids is 1. The van der Waals surface area contributed by atoms with Crippen molar-refractivity contribution in [2.45, 2.75) is 19.9 Å². The molecule has 1 atom stereocenters. The van der Waals surface area contributed by atoms with Gasteiger partial charge in [0.15, 0.2) is 5.82 Å². The van der Waals surface area contributed by atoms with Crippen LogP contribution in [0.5, 0.6) is 0 Å². The number of urea groups is 1. The molecule has 0 aliphatic carbocycles. The Morgan fingerprint density at radius 3 is 2.94 bits per heavy atom. The summed E-state index contributed by atoms with van der Waals surface area (Å²) in [6, 6.07) is 4.63. The van der Waals surface area contributed by atoms with E-state index in [9.17, 15) is 4.79 Å². The molecule has 0 radical (unpaired) electrons. The van der Waals surface area contributed by atoms with Crippen molar-refractivity contribution in [1.29, 1.82) is 0 Å². The molecule has 2 amide bonds. The van der Waals surface area contributed by atoms with Gasteiger partial charge < -0.3 is 14.3 Å². The van der Waals surface area contributed by atoms with E-state index in [1.165, 1.54) is 0 Å². The van der Waals surface area contributed by atoms with E-state index >= 15 is 0 Å². The van der Waals surface area contributed by atoms with E-state index in [4.69, 9.17) is 8.94 Å². The number of aryl methyl sites for hydroxylation is 1. The lowest BCUT2D eigenvalue weighted by Crippen LogP contribution is -2.31. The summed E-state index contributed by atoms with van der Waals surface area (Å²) in [5.74, 6) is 1.71. The highest BCUT2D eigenvalue weighted by atomic mass is 16.5. The smallest absolute Gasteiger partial charge is 0.321 e. The standard InChI is InChI=1S/C11H13N3O3/c1-7-6-10(14-17-7)13-11(15)12-8(2)9-4-3-5-16-9/h3-6,8H,1-2H3,(H2,12,13,14,15). The normalized spacial score (nSPS) is 12.1.